The molecule has 3 aromatic carbocycles. The van der Waals surface area contributed by atoms with Crippen LogP contribution in [-0.4, -0.2) is 33.1 Å². The van der Waals surface area contributed by atoms with Gasteiger partial charge >= 0.3 is 5.97 Å². The molecule has 2 N–H and O–H groups in total. The SMILES string of the molecule is C=C(C(=O)N1Cc2ccc(C(=O)O)cc2C1)C(O)C/C(=C/CC)OCc1ccccc1.Cc1ccccc1. The van der Waals surface area contributed by atoms with Crippen LogP contribution >= 0.6 is 0 Å². The van der Waals surface area contributed by atoms with Gasteiger partial charge in [0.15, 0.2) is 0 Å². The van der Waals surface area contributed by atoms with Crippen LogP contribution in [0.1, 0.15) is 52.4 Å². The fraction of sp³-hybridized carbons (Fsp3) is 0.250. The molecule has 198 valence electrons. The van der Waals surface area contributed by atoms with E-state index in [0.717, 1.165) is 23.1 Å². The van der Waals surface area contributed by atoms with Crippen molar-refractivity contribution < 1.29 is 24.5 Å². The maximum atomic E-state index is 12.9. The summed E-state index contributed by atoms with van der Waals surface area (Å²) in [4.78, 5) is 25.6. The van der Waals surface area contributed by atoms with Crippen LogP contribution in [0.25, 0.3) is 0 Å². The molecule has 0 fully saturated rings. The number of allylic oxidation sites excluding steroid dienone is 1. The lowest BCUT2D eigenvalue weighted by Crippen LogP contribution is -2.31. The molecule has 1 amide bonds. The number of amides is 1. The zero-order chi connectivity index (χ0) is 27.5. The van der Waals surface area contributed by atoms with Crippen molar-refractivity contribution in [3.63, 3.8) is 0 Å². The van der Waals surface area contributed by atoms with Crippen LogP contribution in [0.5, 0.6) is 0 Å². The highest BCUT2D eigenvalue weighted by molar-refractivity contribution is 5.94. The van der Waals surface area contributed by atoms with Crippen LogP contribution in [0.15, 0.2) is 103 Å². The van der Waals surface area contributed by atoms with Crippen LogP contribution < -0.4 is 0 Å². The summed E-state index contributed by atoms with van der Waals surface area (Å²) in [5, 5.41) is 19.8. The molecule has 0 aromatic heterocycles. The second kappa shape index (κ2) is 14.0. The smallest absolute Gasteiger partial charge is 0.335 e. The van der Waals surface area contributed by atoms with Gasteiger partial charge in [-0.25, -0.2) is 4.79 Å². The fourth-order valence-electron chi connectivity index (χ4n) is 4.04. The molecule has 0 aliphatic carbocycles. The standard InChI is InChI=1S/C25H27NO5.C7H8/c1-3-7-22(31-16-18-8-5-4-6-9-18)13-23(27)17(2)24(28)26-14-20-11-10-19(25(29)30)12-21(20)15-26;1-7-5-3-2-4-6-7/h4-12,23,27H,2-3,13-16H2,1H3,(H,29,30);2-6H,1H3/b22-7-;. The molecule has 6 heteroatoms. The van der Waals surface area contributed by atoms with Crippen LogP contribution in [0.2, 0.25) is 0 Å². The summed E-state index contributed by atoms with van der Waals surface area (Å²) in [5.41, 5.74) is 4.33. The number of carbonyl (C=O) groups excluding carboxylic acids is 1. The van der Waals surface area contributed by atoms with E-state index in [1.807, 2.05) is 61.5 Å². The Bertz CT molecular complexity index is 1270. The van der Waals surface area contributed by atoms with Crippen LogP contribution in [0.3, 0.4) is 0 Å². The third-order valence-corrected chi connectivity index (χ3v) is 6.17. The number of fused-ring (bicyclic) bond motifs is 1. The van der Waals surface area contributed by atoms with Gasteiger partial charge in [0.1, 0.15) is 6.61 Å². The molecule has 0 radical (unpaired) electrons. The van der Waals surface area contributed by atoms with E-state index in [9.17, 15) is 14.7 Å². The zero-order valence-corrected chi connectivity index (χ0v) is 22.0. The maximum Gasteiger partial charge on any atom is 0.335 e. The van der Waals surface area contributed by atoms with Gasteiger partial charge < -0.3 is 19.8 Å². The van der Waals surface area contributed by atoms with Crippen molar-refractivity contribution in [3.8, 4) is 0 Å². The Morgan fingerprint density at radius 2 is 1.63 bits per heavy atom. The molecule has 1 unspecified atom stereocenters. The molecular formula is C32H35NO5. The number of hydrogen-bond acceptors (Lipinski definition) is 4. The van der Waals surface area contributed by atoms with Crippen molar-refractivity contribution in [2.24, 2.45) is 0 Å². The number of aryl methyl sites for hydroxylation is 1. The largest absolute Gasteiger partial charge is 0.493 e. The molecule has 1 aliphatic heterocycles. The summed E-state index contributed by atoms with van der Waals surface area (Å²) >= 11 is 0. The second-order valence-electron chi connectivity index (χ2n) is 9.20. The minimum atomic E-state index is -1.07. The van der Waals surface area contributed by atoms with Gasteiger partial charge in [-0.15, -0.1) is 0 Å². The Kier molecular flexibility index (Phi) is 10.4. The lowest BCUT2D eigenvalue weighted by molar-refractivity contribution is -0.128. The van der Waals surface area contributed by atoms with Gasteiger partial charge in [-0.05, 0) is 48.2 Å². The number of benzene rings is 3. The third kappa shape index (κ3) is 8.18. The Labute approximate surface area is 224 Å². The van der Waals surface area contributed by atoms with E-state index in [2.05, 4.69) is 25.6 Å². The number of ether oxygens (including phenoxy) is 1. The zero-order valence-electron chi connectivity index (χ0n) is 22.0. The number of hydrogen-bond donors (Lipinski definition) is 2. The highest BCUT2D eigenvalue weighted by Gasteiger charge is 2.28. The van der Waals surface area contributed by atoms with Crippen molar-refractivity contribution >= 4 is 11.9 Å². The highest BCUT2D eigenvalue weighted by Crippen LogP contribution is 2.26. The van der Waals surface area contributed by atoms with E-state index < -0.39 is 12.1 Å². The number of aliphatic hydroxyl groups is 1. The van der Waals surface area contributed by atoms with Gasteiger partial charge in [0.05, 0.1) is 17.4 Å². The molecular weight excluding hydrogens is 478 g/mol. The molecule has 0 bridgehead atoms. The van der Waals surface area contributed by atoms with E-state index in [4.69, 9.17) is 9.84 Å². The maximum absolute atomic E-state index is 12.9. The first-order valence-electron chi connectivity index (χ1n) is 12.7. The van der Waals surface area contributed by atoms with Gasteiger partial charge in [0.25, 0.3) is 5.91 Å². The van der Waals surface area contributed by atoms with Gasteiger partial charge in [-0.2, -0.15) is 0 Å². The van der Waals surface area contributed by atoms with Gasteiger partial charge in [0.2, 0.25) is 0 Å². The Balaban J connectivity index is 0.000000494. The van der Waals surface area contributed by atoms with E-state index in [0.29, 0.717) is 25.5 Å². The molecule has 0 saturated carbocycles. The number of nitrogens with zero attached hydrogens (tertiary/aromatic N) is 1. The number of aromatic carboxylic acids is 1. The molecule has 3 aromatic rings. The molecule has 1 heterocycles. The summed E-state index contributed by atoms with van der Waals surface area (Å²) in [7, 11) is 0. The number of rotatable bonds is 9. The van der Waals surface area contributed by atoms with E-state index in [1.165, 1.54) is 11.6 Å². The first-order valence-corrected chi connectivity index (χ1v) is 12.7. The Hall–Kier alpha value is -4.16. The van der Waals surface area contributed by atoms with Crippen LogP contribution in [0.4, 0.5) is 0 Å². The number of carboxylic acid groups (broad SMARTS) is 1. The predicted octanol–water partition coefficient (Wildman–Crippen LogP) is 6.04. The van der Waals surface area contributed by atoms with Crippen LogP contribution in [-0.2, 0) is 29.2 Å². The number of carbonyl (C=O) groups is 2. The third-order valence-electron chi connectivity index (χ3n) is 6.17. The fourth-order valence-corrected chi connectivity index (χ4v) is 4.04. The van der Waals surface area contributed by atoms with E-state index >= 15 is 0 Å². The van der Waals surface area contributed by atoms with Crippen LogP contribution in [0, 0.1) is 6.92 Å². The molecule has 4 rings (SSSR count). The van der Waals surface area contributed by atoms with Crippen molar-refractivity contribution in [1.82, 2.24) is 4.90 Å². The van der Waals surface area contributed by atoms with Crippen molar-refractivity contribution in [1.29, 1.82) is 0 Å². The van der Waals surface area contributed by atoms with E-state index in [-0.39, 0.29) is 23.5 Å². The summed E-state index contributed by atoms with van der Waals surface area (Å²) in [6, 6.07) is 24.8. The van der Waals surface area contributed by atoms with Gasteiger partial charge in [-0.1, -0.05) is 85.8 Å². The minimum Gasteiger partial charge on any atom is -0.493 e. The van der Waals surface area contributed by atoms with Crippen molar-refractivity contribution in [2.45, 2.75) is 52.5 Å². The quantitative estimate of drug-likeness (QED) is 0.269. The van der Waals surface area contributed by atoms with E-state index in [1.54, 1.807) is 17.0 Å². The molecule has 1 aliphatic rings. The first kappa shape index (κ1) is 28.4. The lowest BCUT2D eigenvalue weighted by atomic mass is 10.1. The van der Waals surface area contributed by atoms with Crippen molar-refractivity contribution in [3.05, 3.63) is 131 Å². The molecule has 0 spiro atoms. The molecule has 0 saturated heterocycles. The Morgan fingerprint density at radius 3 is 2.21 bits per heavy atom. The number of aliphatic hydroxyl groups excluding tert-OH is 1. The highest BCUT2D eigenvalue weighted by atomic mass is 16.5. The summed E-state index contributed by atoms with van der Waals surface area (Å²) in [6.45, 7) is 8.92. The summed E-state index contributed by atoms with van der Waals surface area (Å²) in [5.74, 6) is -0.735. The second-order valence-corrected chi connectivity index (χ2v) is 9.20. The monoisotopic (exact) mass is 513 g/mol. The number of carboxylic acids is 1. The summed E-state index contributed by atoms with van der Waals surface area (Å²) in [6.07, 6.45) is 1.72. The summed E-state index contributed by atoms with van der Waals surface area (Å²) < 4.78 is 5.86. The average molecular weight is 514 g/mol. The molecule has 6 nitrogen and oxygen atoms in total. The van der Waals surface area contributed by atoms with Crippen molar-refractivity contribution in [2.75, 3.05) is 0 Å². The minimum absolute atomic E-state index is 0.0941. The topological polar surface area (TPSA) is 87.1 Å². The molecule has 1 atom stereocenters. The average Bonchev–Trinajstić information content (AvgIpc) is 3.36. The van der Waals surface area contributed by atoms with Gasteiger partial charge in [0, 0.05) is 25.1 Å². The first-order chi connectivity index (χ1) is 18.3. The molecule has 38 heavy (non-hydrogen) atoms. The lowest BCUT2D eigenvalue weighted by Gasteiger charge is -2.21. The van der Waals surface area contributed by atoms with Gasteiger partial charge in [-0.3, -0.25) is 4.79 Å². The Morgan fingerprint density at radius 1 is 1.00 bits per heavy atom. The normalized spacial score (nSPS) is 13.1. The predicted molar refractivity (Wildman–Crippen MR) is 148 cm³/mol.